The van der Waals surface area contributed by atoms with E-state index in [9.17, 15) is 9.59 Å². The predicted molar refractivity (Wildman–Crippen MR) is 158 cm³/mol. The highest BCUT2D eigenvalue weighted by atomic mass is 16.6. The third kappa shape index (κ3) is 6.95. The number of rotatable bonds is 6. The monoisotopic (exact) mass is 593 g/mol. The number of methoxy groups -OCH3 is 2. The normalized spacial score (nSPS) is 16.6. The van der Waals surface area contributed by atoms with Crippen LogP contribution in [0.2, 0.25) is 0 Å². The number of hydrogen-bond donors (Lipinski definition) is 0. The molecule has 5 rings (SSSR count). The number of ether oxygens (including phenoxy) is 4. The zero-order valence-electron chi connectivity index (χ0n) is 25.4. The van der Waals surface area contributed by atoms with Gasteiger partial charge in [0.2, 0.25) is 5.82 Å². The number of benzene rings is 2. The molecule has 0 aliphatic carbocycles. The molecule has 3 heterocycles. The molecule has 2 aliphatic heterocycles. The van der Waals surface area contributed by atoms with Crippen molar-refractivity contribution in [2.24, 2.45) is 0 Å². The number of carbonyl (C=O) groups is 2. The van der Waals surface area contributed by atoms with Crippen molar-refractivity contribution >= 4 is 18.2 Å². The van der Waals surface area contributed by atoms with Crippen LogP contribution in [-0.2, 0) is 16.1 Å². The maximum Gasteiger partial charge on any atom is 0.410 e. The van der Waals surface area contributed by atoms with Crippen LogP contribution in [0.1, 0.15) is 39.2 Å². The maximum atomic E-state index is 13.5. The predicted octanol–water partition coefficient (Wildman–Crippen LogP) is 4.98. The number of piperidine rings is 1. The first-order valence-corrected chi connectivity index (χ1v) is 14.4. The van der Waals surface area contributed by atoms with E-state index in [4.69, 9.17) is 23.5 Å². The summed E-state index contributed by atoms with van der Waals surface area (Å²) >= 11 is 0. The average molecular weight is 594 g/mol. The molecule has 12 nitrogen and oxygen atoms in total. The maximum absolute atomic E-state index is 13.5. The molecule has 1 aromatic heterocycles. The lowest BCUT2D eigenvalue weighted by atomic mass is 9.83. The van der Waals surface area contributed by atoms with Crippen LogP contribution in [0.15, 0.2) is 53.1 Å². The van der Waals surface area contributed by atoms with Gasteiger partial charge in [0.1, 0.15) is 23.7 Å². The van der Waals surface area contributed by atoms with Crippen molar-refractivity contribution in [1.82, 2.24) is 19.9 Å². The van der Waals surface area contributed by atoms with Gasteiger partial charge in [-0.15, -0.1) is 0 Å². The Kier molecular flexibility index (Phi) is 8.65. The van der Waals surface area contributed by atoms with Crippen LogP contribution in [0.3, 0.4) is 0 Å². The Hall–Kier alpha value is -4.48. The van der Waals surface area contributed by atoms with Crippen LogP contribution in [0.5, 0.6) is 11.5 Å². The van der Waals surface area contributed by atoms with E-state index >= 15 is 0 Å². The van der Waals surface area contributed by atoms with Crippen molar-refractivity contribution in [3.63, 3.8) is 0 Å². The molecule has 2 saturated heterocycles. The lowest BCUT2D eigenvalue weighted by Gasteiger charge is -2.52. The van der Waals surface area contributed by atoms with Gasteiger partial charge in [-0.2, -0.15) is 4.98 Å². The molecule has 3 aromatic rings. The summed E-state index contributed by atoms with van der Waals surface area (Å²) in [7, 11) is 3.16. The van der Waals surface area contributed by atoms with Gasteiger partial charge in [-0.25, -0.2) is 9.59 Å². The van der Waals surface area contributed by atoms with Crippen molar-refractivity contribution in [2.75, 3.05) is 51.8 Å². The number of nitrogens with zero attached hydrogens (tertiary/aromatic N) is 5. The first-order valence-electron chi connectivity index (χ1n) is 14.4. The summed E-state index contributed by atoms with van der Waals surface area (Å²) in [5.74, 6) is 1.61. The molecule has 0 unspecified atom stereocenters. The molecule has 2 aromatic carbocycles. The van der Waals surface area contributed by atoms with Gasteiger partial charge in [-0.05, 0) is 51.3 Å². The van der Waals surface area contributed by atoms with Gasteiger partial charge < -0.3 is 33.3 Å². The highest BCUT2D eigenvalue weighted by Gasteiger charge is 2.48. The number of amides is 2. The molecule has 2 aliphatic rings. The summed E-state index contributed by atoms with van der Waals surface area (Å²) in [6.45, 7) is 7.90. The van der Waals surface area contributed by atoms with Crippen LogP contribution >= 0.6 is 0 Å². The van der Waals surface area contributed by atoms with Crippen molar-refractivity contribution in [3.05, 3.63) is 54.1 Å². The minimum atomic E-state index is -0.613. The van der Waals surface area contributed by atoms with Crippen molar-refractivity contribution in [1.29, 1.82) is 0 Å². The van der Waals surface area contributed by atoms with E-state index in [1.807, 2.05) is 73.0 Å². The van der Waals surface area contributed by atoms with E-state index in [0.29, 0.717) is 74.5 Å². The smallest absolute Gasteiger partial charge is 0.410 e. The number of carbonyl (C=O) groups excluding carboxylic acids is 2. The Balaban J connectivity index is 1.35. The molecule has 0 saturated carbocycles. The Labute approximate surface area is 251 Å². The Morgan fingerprint density at radius 1 is 0.930 bits per heavy atom. The van der Waals surface area contributed by atoms with E-state index in [2.05, 4.69) is 10.1 Å². The van der Waals surface area contributed by atoms with Crippen LogP contribution in [0, 0.1) is 0 Å². The molecule has 0 bridgehead atoms. The molecule has 2 amide bonds. The zero-order valence-corrected chi connectivity index (χ0v) is 25.4. The summed E-state index contributed by atoms with van der Waals surface area (Å²) in [5.41, 5.74) is 0.396. The molecule has 43 heavy (non-hydrogen) atoms. The quantitative estimate of drug-likeness (QED) is 0.387. The topological polar surface area (TPSA) is 120 Å². The first kappa shape index (κ1) is 30.0. The number of anilines is 1. The molecular formula is C31H39N5O7. The van der Waals surface area contributed by atoms with Crippen LogP contribution in [0.4, 0.5) is 15.6 Å². The summed E-state index contributed by atoms with van der Waals surface area (Å²) < 4.78 is 27.9. The fraction of sp³-hybridized carbons (Fsp3) is 0.484. The van der Waals surface area contributed by atoms with E-state index in [0.717, 1.165) is 5.56 Å². The van der Waals surface area contributed by atoms with Gasteiger partial charge in [0, 0.05) is 44.4 Å². The Morgan fingerprint density at radius 3 is 2.23 bits per heavy atom. The highest BCUT2D eigenvalue weighted by Crippen LogP contribution is 2.36. The lowest BCUT2D eigenvalue weighted by Crippen LogP contribution is -2.67. The van der Waals surface area contributed by atoms with Gasteiger partial charge in [0.05, 0.1) is 19.8 Å². The molecule has 12 heteroatoms. The second-order valence-electron chi connectivity index (χ2n) is 11.8. The van der Waals surface area contributed by atoms with E-state index in [-0.39, 0.29) is 18.8 Å². The van der Waals surface area contributed by atoms with Gasteiger partial charge in [0.25, 0.3) is 0 Å². The second-order valence-corrected chi connectivity index (χ2v) is 11.8. The standard InChI is InChI=1S/C31H39N5O7/c1-30(2,3)42-28(37)34-13-11-31(12-14-34)21-35(15-16-36(31)29(38)41-20-22-9-7-6-8-10-22)27-32-26(33-43-27)23-17-24(39-4)19-25(18-23)40-5/h6-10,17-19H,11-16,20-21H2,1-5H3. The minimum Gasteiger partial charge on any atom is -0.497 e. The zero-order chi connectivity index (χ0) is 30.6. The minimum absolute atomic E-state index is 0.178. The number of piperazine rings is 1. The molecule has 0 radical (unpaired) electrons. The molecular weight excluding hydrogens is 554 g/mol. The number of hydrogen-bond acceptors (Lipinski definition) is 10. The Bertz CT molecular complexity index is 1390. The average Bonchev–Trinajstić information content (AvgIpc) is 3.50. The summed E-state index contributed by atoms with van der Waals surface area (Å²) in [6, 6.07) is 15.3. The fourth-order valence-electron chi connectivity index (χ4n) is 5.48. The SMILES string of the molecule is COc1cc(OC)cc(-c2noc(N3CCN(C(=O)OCc4ccccc4)C4(CCN(C(=O)OC(C)(C)C)CC4)C3)n2)c1. The van der Waals surface area contributed by atoms with E-state index in [1.165, 1.54) is 0 Å². The van der Waals surface area contributed by atoms with Gasteiger partial charge in [-0.1, -0.05) is 35.5 Å². The number of aromatic nitrogens is 2. The third-order valence-electron chi connectivity index (χ3n) is 7.72. The van der Waals surface area contributed by atoms with Crippen LogP contribution in [0.25, 0.3) is 11.4 Å². The third-order valence-corrected chi connectivity index (χ3v) is 7.72. The molecule has 1 spiro atoms. The lowest BCUT2D eigenvalue weighted by molar-refractivity contribution is -0.0128. The fourth-order valence-corrected chi connectivity index (χ4v) is 5.48. The van der Waals surface area contributed by atoms with E-state index in [1.54, 1.807) is 25.2 Å². The summed E-state index contributed by atoms with van der Waals surface area (Å²) in [4.78, 5) is 36.5. The summed E-state index contributed by atoms with van der Waals surface area (Å²) in [6.07, 6.45) is 0.335. The van der Waals surface area contributed by atoms with Gasteiger partial charge >= 0.3 is 18.2 Å². The van der Waals surface area contributed by atoms with E-state index < -0.39 is 11.1 Å². The molecule has 0 N–H and O–H groups in total. The highest BCUT2D eigenvalue weighted by molar-refractivity contribution is 5.71. The van der Waals surface area contributed by atoms with Gasteiger partial charge in [0.15, 0.2) is 0 Å². The molecule has 0 atom stereocenters. The van der Waals surface area contributed by atoms with Gasteiger partial charge in [-0.3, -0.25) is 4.90 Å². The number of likely N-dealkylation sites (tertiary alicyclic amines) is 1. The Morgan fingerprint density at radius 2 is 1.60 bits per heavy atom. The molecule has 2 fully saturated rings. The largest absolute Gasteiger partial charge is 0.497 e. The second kappa shape index (κ2) is 12.4. The van der Waals surface area contributed by atoms with Crippen LogP contribution < -0.4 is 14.4 Å². The van der Waals surface area contributed by atoms with Crippen molar-refractivity contribution in [3.8, 4) is 22.9 Å². The summed E-state index contributed by atoms with van der Waals surface area (Å²) in [5, 5.41) is 4.22. The van der Waals surface area contributed by atoms with Crippen molar-refractivity contribution in [2.45, 2.75) is 51.4 Å². The van der Waals surface area contributed by atoms with Crippen molar-refractivity contribution < 1.29 is 33.1 Å². The first-order chi connectivity index (χ1) is 20.6. The van der Waals surface area contributed by atoms with Crippen LogP contribution in [-0.4, -0.2) is 90.2 Å². The molecule has 230 valence electrons.